The second-order valence-corrected chi connectivity index (χ2v) is 6.94. The van der Waals surface area contributed by atoms with E-state index in [4.69, 9.17) is 4.74 Å². The Bertz CT molecular complexity index is 1060. The molecule has 0 aliphatic carbocycles. The van der Waals surface area contributed by atoms with Crippen LogP contribution in [-0.4, -0.2) is 24.1 Å². The minimum atomic E-state index is -0.823. The number of amides is 4. The maximum absolute atomic E-state index is 12.4. The van der Waals surface area contributed by atoms with Gasteiger partial charge in [0.2, 0.25) is 5.91 Å². The van der Waals surface area contributed by atoms with E-state index in [-0.39, 0.29) is 6.61 Å². The van der Waals surface area contributed by atoms with Gasteiger partial charge >= 0.3 is 12.1 Å². The van der Waals surface area contributed by atoms with Crippen molar-refractivity contribution in [2.75, 3.05) is 16.0 Å². The SMILES string of the molecule is CC(NC(=O)OCc1ccccc1)C(=O)Nc1cccc(NC(=O)Nc2ccccc2)c1. The van der Waals surface area contributed by atoms with E-state index in [1.165, 1.54) is 0 Å². The minimum absolute atomic E-state index is 0.111. The second-order valence-electron chi connectivity index (χ2n) is 6.94. The first-order valence-corrected chi connectivity index (χ1v) is 10.0. The summed E-state index contributed by atoms with van der Waals surface area (Å²) in [6, 6.07) is 23.7. The van der Waals surface area contributed by atoms with Crippen LogP contribution in [0.2, 0.25) is 0 Å². The van der Waals surface area contributed by atoms with Gasteiger partial charge in [-0.2, -0.15) is 0 Å². The molecule has 3 aromatic rings. The lowest BCUT2D eigenvalue weighted by molar-refractivity contribution is -0.117. The Morgan fingerprint density at radius 3 is 2.00 bits per heavy atom. The summed E-state index contributed by atoms with van der Waals surface area (Å²) in [5.74, 6) is -0.424. The molecule has 0 aliphatic heterocycles. The van der Waals surface area contributed by atoms with E-state index in [1.807, 2.05) is 48.5 Å². The van der Waals surface area contributed by atoms with Crippen molar-refractivity contribution < 1.29 is 19.1 Å². The van der Waals surface area contributed by atoms with Crippen LogP contribution >= 0.6 is 0 Å². The van der Waals surface area contributed by atoms with Crippen molar-refractivity contribution in [1.29, 1.82) is 0 Å². The number of rotatable bonds is 7. The Labute approximate surface area is 186 Å². The number of carbonyl (C=O) groups is 3. The van der Waals surface area contributed by atoms with E-state index in [2.05, 4.69) is 21.3 Å². The first-order valence-electron chi connectivity index (χ1n) is 10.0. The first kappa shape index (κ1) is 22.4. The Morgan fingerprint density at radius 2 is 1.31 bits per heavy atom. The van der Waals surface area contributed by atoms with Crippen LogP contribution in [0.1, 0.15) is 12.5 Å². The lowest BCUT2D eigenvalue weighted by atomic mass is 10.2. The van der Waals surface area contributed by atoms with Gasteiger partial charge in [-0.25, -0.2) is 9.59 Å². The van der Waals surface area contributed by atoms with Crippen molar-refractivity contribution in [3.63, 3.8) is 0 Å². The molecule has 0 saturated carbocycles. The smallest absolute Gasteiger partial charge is 0.408 e. The van der Waals surface area contributed by atoms with Gasteiger partial charge in [0.1, 0.15) is 12.6 Å². The van der Waals surface area contributed by atoms with Gasteiger partial charge in [-0.1, -0.05) is 54.6 Å². The lowest BCUT2D eigenvalue weighted by Gasteiger charge is -2.15. The third-order valence-electron chi connectivity index (χ3n) is 4.36. The number of benzene rings is 3. The number of para-hydroxylation sites is 1. The molecule has 1 atom stereocenters. The van der Waals surface area contributed by atoms with Crippen LogP contribution in [0.5, 0.6) is 0 Å². The Balaban J connectivity index is 1.47. The monoisotopic (exact) mass is 432 g/mol. The van der Waals surface area contributed by atoms with Gasteiger partial charge in [0.25, 0.3) is 0 Å². The molecule has 0 saturated heterocycles. The number of anilines is 3. The average molecular weight is 432 g/mol. The van der Waals surface area contributed by atoms with Crippen LogP contribution < -0.4 is 21.3 Å². The predicted octanol–water partition coefficient (Wildman–Crippen LogP) is 4.58. The highest BCUT2D eigenvalue weighted by atomic mass is 16.5. The van der Waals surface area contributed by atoms with Gasteiger partial charge in [-0.05, 0) is 42.8 Å². The molecule has 164 valence electrons. The molecule has 0 heterocycles. The molecule has 8 heteroatoms. The average Bonchev–Trinajstić information content (AvgIpc) is 2.79. The van der Waals surface area contributed by atoms with Crippen LogP contribution in [0.4, 0.5) is 26.7 Å². The van der Waals surface area contributed by atoms with Crippen molar-refractivity contribution >= 4 is 35.1 Å². The summed E-state index contributed by atoms with van der Waals surface area (Å²) in [5.41, 5.74) is 2.48. The topological polar surface area (TPSA) is 109 Å². The highest BCUT2D eigenvalue weighted by Crippen LogP contribution is 2.16. The van der Waals surface area contributed by atoms with Crippen LogP contribution in [-0.2, 0) is 16.1 Å². The van der Waals surface area contributed by atoms with Gasteiger partial charge in [0.15, 0.2) is 0 Å². The van der Waals surface area contributed by atoms with Crippen molar-refractivity contribution in [1.82, 2.24) is 5.32 Å². The molecule has 3 aromatic carbocycles. The number of alkyl carbamates (subject to hydrolysis) is 1. The third kappa shape index (κ3) is 7.17. The van der Waals surface area contributed by atoms with Crippen LogP contribution in [0, 0.1) is 0 Å². The maximum atomic E-state index is 12.4. The van der Waals surface area contributed by atoms with E-state index in [1.54, 1.807) is 43.3 Å². The van der Waals surface area contributed by atoms with Crippen molar-refractivity contribution in [2.24, 2.45) is 0 Å². The molecule has 0 bridgehead atoms. The van der Waals surface area contributed by atoms with Crippen molar-refractivity contribution in [3.8, 4) is 0 Å². The molecule has 0 aliphatic rings. The molecule has 32 heavy (non-hydrogen) atoms. The largest absolute Gasteiger partial charge is 0.445 e. The summed E-state index contributed by atoms with van der Waals surface area (Å²) in [6.07, 6.45) is -0.690. The highest BCUT2D eigenvalue weighted by molar-refractivity contribution is 6.01. The summed E-state index contributed by atoms with van der Waals surface area (Å²) in [5, 5.41) is 10.6. The van der Waals surface area contributed by atoms with E-state index >= 15 is 0 Å². The van der Waals surface area contributed by atoms with Crippen molar-refractivity contribution in [2.45, 2.75) is 19.6 Å². The summed E-state index contributed by atoms with van der Waals surface area (Å²) in [7, 11) is 0. The zero-order valence-corrected chi connectivity index (χ0v) is 17.5. The molecule has 0 radical (unpaired) electrons. The fourth-order valence-electron chi connectivity index (χ4n) is 2.75. The van der Waals surface area contributed by atoms with Gasteiger partial charge < -0.3 is 26.0 Å². The fourth-order valence-corrected chi connectivity index (χ4v) is 2.75. The number of urea groups is 1. The van der Waals surface area contributed by atoms with Gasteiger partial charge in [0.05, 0.1) is 0 Å². The number of hydrogen-bond donors (Lipinski definition) is 4. The Morgan fingerprint density at radius 1 is 0.750 bits per heavy atom. The molecule has 4 amide bonds. The molecule has 3 rings (SSSR count). The molecule has 1 unspecified atom stereocenters. The van der Waals surface area contributed by atoms with Gasteiger partial charge in [-0.15, -0.1) is 0 Å². The second kappa shape index (κ2) is 11.2. The van der Waals surface area contributed by atoms with Crippen LogP contribution in [0.15, 0.2) is 84.9 Å². The van der Waals surface area contributed by atoms with Gasteiger partial charge in [-0.3, -0.25) is 4.79 Å². The van der Waals surface area contributed by atoms with Gasteiger partial charge in [0, 0.05) is 17.1 Å². The molecule has 0 aromatic heterocycles. The summed E-state index contributed by atoms with van der Waals surface area (Å²) in [6.45, 7) is 1.66. The number of hydrogen-bond acceptors (Lipinski definition) is 4. The summed E-state index contributed by atoms with van der Waals surface area (Å²) < 4.78 is 5.13. The predicted molar refractivity (Wildman–Crippen MR) is 123 cm³/mol. The molecular weight excluding hydrogens is 408 g/mol. The molecule has 8 nitrogen and oxygen atoms in total. The molecule has 0 spiro atoms. The lowest BCUT2D eigenvalue weighted by Crippen LogP contribution is -2.41. The number of ether oxygens (including phenoxy) is 1. The van der Waals surface area contributed by atoms with E-state index < -0.39 is 24.1 Å². The maximum Gasteiger partial charge on any atom is 0.408 e. The van der Waals surface area contributed by atoms with Crippen LogP contribution in [0.3, 0.4) is 0 Å². The number of carbonyl (C=O) groups excluding carboxylic acids is 3. The van der Waals surface area contributed by atoms with E-state index in [0.717, 1.165) is 5.56 Å². The summed E-state index contributed by atoms with van der Waals surface area (Å²) >= 11 is 0. The Kier molecular flexibility index (Phi) is 7.80. The van der Waals surface area contributed by atoms with Crippen LogP contribution in [0.25, 0.3) is 0 Å². The fraction of sp³-hybridized carbons (Fsp3) is 0.125. The molecular formula is C24H24N4O4. The summed E-state index contributed by atoms with van der Waals surface area (Å²) in [4.78, 5) is 36.5. The molecule has 4 N–H and O–H groups in total. The quantitative estimate of drug-likeness (QED) is 0.438. The van der Waals surface area contributed by atoms with E-state index in [0.29, 0.717) is 17.1 Å². The van der Waals surface area contributed by atoms with Crippen molar-refractivity contribution in [3.05, 3.63) is 90.5 Å². The first-order chi connectivity index (χ1) is 15.5. The standard InChI is InChI=1S/C24H24N4O4/c1-17(25-24(31)32-16-18-9-4-2-5-10-18)22(29)26-20-13-8-14-21(15-20)28-23(30)27-19-11-6-3-7-12-19/h2-15,17H,16H2,1H3,(H,25,31)(H,26,29)(H2,27,28,30). The normalized spacial score (nSPS) is 11.0. The Hall–Kier alpha value is -4.33. The number of nitrogens with one attached hydrogen (secondary N) is 4. The molecule has 0 fully saturated rings. The minimum Gasteiger partial charge on any atom is -0.445 e. The zero-order valence-electron chi connectivity index (χ0n) is 17.5. The third-order valence-corrected chi connectivity index (χ3v) is 4.36. The van der Waals surface area contributed by atoms with E-state index in [9.17, 15) is 14.4 Å². The highest BCUT2D eigenvalue weighted by Gasteiger charge is 2.17. The zero-order chi connectivity index (χ0) is 22.8.